The van der Waals surface area contributed by atoms with E-state index in [1.54, 1.807) is 0 Å². The minimum absolute atomic E-state index is 1.23. The Balaban J connectivity index is 2.96. The summed E-state index contributed by atoms with van der Waals surface area (Å²) in [6.45, 7) is 2.09. The van der Waals surface area contributed by atoms with Crippen LogP contribution in [-0.2, 0) is 0 Å². The molecule has 0 saturated carbocycles. The molecule has 1 rings (SSSR count). The first-order valence-corrected chi connectivity index (χ1v) is 3.77. The lowest BCUT2D eigenvalue weighted by molar-refractivity contribution is 1.45. The van der Waals surface area contributed by atoms with E-state index in [1.807, 2.05) is 12.6 Å². The number of nitrogens with zero attached hydrogens (tertiary/aromatic N) is 1. The van der Waals surface area contributed by atoms with Crippen LogP contribution in [0.3, 0.4) is 0 Å². The maximum atomic E-state index is 2.63. The summed E-state index contributed by atoms with van der Waals surface area (Å²) in [6.07, 6.45) is 0. The van der Waals surface area contributed by atoms with Crippen LogP contribution < -0.4 is 4.58 Å². The summed E-state index contributed by atoms with van der Waals surface area (Å²) in [5, 5.41) is 0. The lowest BCUT2D eigenvalue weighted by atomic mass is 10.2. The normalized spacial score (nSPS) is 9.40. The molecule has 0 aliphatic carbocycles. The van der Waals surface area contributed by atoms with E-state index < -0.39 is 0 Å². The minimum Gasteiger partial charge on any atom is -0.406 e. The van der Waals surface area contributed by atoms with E-state index in [0.717, 1.165) is 0 Å². The summed E-state index contributed by atoms with van der Waals surface area (Å²) in [6, 6.07) is 8.38. The molecule has 10 heavy (non-hydrogen) atoms. The molecule has 1 atom stereocenters. The van der Waals surface area contributed by atoms with Crippen molar-refractivity contribution < 1.29 is 0 Å². The maximum Gasteiger partial charge on any atom is 0.221 e. The van der Waals surface area contributed by atoms with E-state index in [9.17, 15) is 0 Å². The Labute approximate surface area is 65.1 Å². The van der Waals surface area contributed by atoms with E-state index in [4.69, 9.17) is 0 Å². The summed E-state index contributed by atoms with van der Waals surface area (Å²) in [7, 11) is 4.64. The molecule has 0 heterocycles. The molecule has 0 aliphatic heterocycles. The summed E-state index contributed by atoms with van der Waals surface area (Å²) >= 11 is 0. The van der Waals surface area contributed by atoms with Crippen LogP contribution in [0, 0.1) is 6.92 Å². The summed E-state index contributed by atoms with van der Waals surface area (Å²) in [5.74, 6) is 0. The van der Waals surface area contributed by atoms with Crippen LogP contribution in [0.5, 0.6) is 0 Å². The van der Waals surface area contributed by atoms with Crippen molar-refractivity contribution in [2.24, 2.45) is 0 Å². The van der Waals surface area contributed by atoms with Gasteiger partial charge in [-0.15, -0.1) is 0 Å². The molecule has 0 saturated heterocycles. The van der Waals surface area contributed by atoms with Crippen molar-refractivity contribution in [3.05, 3.63) is 29.8 Å². The van der Waals surface area contributed by atoms with Gasteiger partial charge in [-0.25, -0.2) is 0 Å². The molecule has 1 nitrogen and oxygen atoms in total. The fourth-order valence-electron chi connectivity index (χ4n) is 0.847. The fraction of sp³-hybridized carbons (Fsp3) is 0.143. The first-order chi connectivity index (χ1) is 4.70. The van der Waals surface area contributed by atoms with Gasteiger partial charge < -0.3 is 4.58 Å². The van der Waals surface area contributed by atoms with Crippen LogP contribution in [0.25, 0.3) is 0 Å². The largest absolute Gasteiger partial charge is 0.406 e. The molecule has 3 heteroatoms. The molecule has 0 radical (unpaired) electrons. The second-order valence-corrected chi connectivity index (χ2v) is 3.22. The Morgan fingerprint density at radius 3 is 2.60 bits per heavy atom. The number of aryl methyl sites for hydroxylation is 1. The standard InChI is InChI=1S/C7H11BNP/c1-6-3-2-4-7(5-6)9(8)10/h2-5H,8,10H2,1H3. The molecule has 0 bridgehead atoms. The average Bonchev–Trinajstić information content (AvgIpc) is 1.88. The molecule has 1 aromatic carbocycles. The highest BCUT2D eigenvalue weighted by Gasteiger charge is 1.91. The van der Waals surface area contributed by atoms with E-state index in [1.165, 1.54) is 11.3 Å². The molecule has 0 aromatic heterocycles. The smallest absolute Gasteiger partial charge is 0.221 e. The molecule has 1 unspecified atom stereocenters. The topological polar surface area (TPSA) is 3.24 Å². The Morgan fingerprint density at radius 2 is 2.20 bits per heavy atom. The predicted octanol–water partition coefficient (Wildman–Crippen LogP) is 1.14. The molecule has 0 fully saturated rings. The molecule has 52 valence electrons. The van der Waals surface area contributed by atoms with E-state index in [2.05, 4.69) is 40.6 Å². The van der Waals surface area contributed by atoms with E-state index in [-0.39, 0.29) is 0 Å². The van der Waals surface area contributed by atoms with Gasteiger partial charge in [0, 0.05) is 5.69 Å². The number of hydrogen-bond donors (Lipinski definition) is 0. The molecule has 0 aliphatic rings. The lowest BCUT2D eigenvalue weighted by Crippen LogP contribution is -2.01. The molecular weight excluding hydrogens is 140 g/mol. The Bertz CT molecular complexity index is 225. The predicted molar refractivity (Wildman–Crippen MR) is 51.9 cm³/mol. The minimum atomic E-state index is 1.23. The van der Waals surface area contributed by atoms with Crippen molar-refractivity contribution in [3.8, 4) is 0 Å². The van der Waals surface area contributed by atoms with E-state index in [0.29, 0.717) is 0 Å². The van der Waals surface area contributed by atoms with Gasteiger partial charge in [-0.3, -0.25) is 0 Å². The van der Waals surface area contributed by atoms with Gasteiger partial charge in [0.1, 0.15) is 0 Å². The van der Waals surface area contributed by atoms with Crippen LogP contribution in [0.1, 0.15) is 5.56 Å². The third kappa shape index (κ3) is 1.75. The number of rotatable bonds is 1. The fourth-order valence-corrected chi connectivity index (χ4v) is 1.01. The number of anilines is 1. The number of hydrogen-bond acceptors (Lipinski definition) is 1. The molecule has 0 N–H and O–H groups in total. The Morgan fingerprint density at radius 1 is 1.50 bits per heavy atom. The summed E-state index contributed by atoms with van der Waals surface area (Å²) in [4.78, 5) is 0. The zero-order valence-electron chi connectivity index (χ0n) is 6.33. The van der Waals surface area contributed by atoms with Crippen LogP contribution in [0.15, 0.2) is 24.3 Å². The van der Waals surface area contributed by atoms with Gasteiger partial charge in [-0.1, -0.05) is 21.5 Å². The highest BCUT2D eigenvalue weighted by Crippen LogP contribution is 2.15. The third-order valence-corrected chi connectivity index (χ3v) is 1.71. The van der Waals surface area contributed by atoms with Crippen molar-refractivity contribution >= 4 is 23.1 Å². The van der Waals surface area contributed by atoms with Gasteiger partial charge in [-0.2, -0.15) is 0 Å². The highest BCUT2D eigenvalue weighted by atomic mass is 31.0. The summed E-state index contributed by atoms with van der Waals surface area (Å²) in [5.41, 5.74) is 2.52. The summed E-state index contributed by atoms with van der Waals surface area (Å²) < 4.78 is 2.02. The second kappa shape index (κ2) is 3.07. The van der Waals surface area contributed by atoms with Crippen molar-refractivity contribution in [1.29, 1.82) is 0 Å². The van der Waals surface area contributed by atoms with Gasteiger partial charge in [0.2, 0.25) is 7.98 Å². The molecule has 0 amide bonds. The SMILES string of the molecule is BN(P)c1cccc(C)c1. The Kier molecular flexibility index (Phi) is 2.34. The average molecular weight is 151 g/mol. The van der Waals surface area contributed by atoms with Crippen LogP contribution in [-0.4, -0.2) is 7.98 Å². The van der Waals surface area contributed by atoms with Crippen molar-refractivity contribution in [3.63, 3.8) is 0 Å². The van der Waals surface area contributed by atoms with Crippen molar-refractivity contribution in [1.82, 2.24) is 0 Å². The van der Waals surface area contributed by atoms with Crippen LogP contribution >= 0.6 is 9.39 Å². The first kappa shape index (κ1) is 7.62. The quantitative estimate of drug-likeness (QED) is 0.429. The first-order valence-electron chi connectivity index (χ1n) is 3.25. The van der Waals surface area contributed by atoms with Crippen LogP contribution in [0.4, 0.5) is 5.69 Å². The van der Waals surface area contributed by atoms with E-state index >= 15 is 0 Å². The highest BCUT2D eigenvalue weighted by molar-refractivity contribution is 7.22. The molecule has 1 aromatic rings. The maximum absolute atomic E-state index is 2.63. The van der Waals surface area contributed by atoms with Crippen LogP contribution in [0.2, 0.25) is 0 Å². The van der Waals surface area contributed by atoms with Crippen molar-refractivity contribution in [2.45, 2.75) is 6.92 Å². The Hall–Kier alpha value is -0.485. The van der Waals surface area contributed by atoms with Gasteiger partial charge >= 0.3 is 0 Å². The zero-order valence-corrected chi connectivity index (χ0v) is 7.49. The zero-order chi connectivity index (χ0) is 7.56. The van der Waals surface area contributed by atoms with Gasteiger partial charge in [0.15, 0.2) is 0 Å². The van der Waals surface area contributed by atoms with Crippen molar-refractivity contribution in [2.75, 3.05) is 4.58 Å². The number of benzene rings is 1. The van der Waals surface area contributed by atoms with Gasteiger partial charge in [0.05, 0.1) is 0 Å². The monoisotopic (exact) mass is 151 g/mol. The third-order valence-electron chi connectivity index (χ3n) is 1.41. The van der Waals surface area contributed by atoms with Gasteiger partial charge in [0.25, 0.3) is 0 Å². The van der Waals surface area contributed by atoms with Gasteiger partial charge in [-0.05, 0) is 24.6 Å². The lowest BCUT2D eigenvalue weighted by Gasteiger charge is -2.12. The molecule has 0 spiro atoms. The molecular formula is C7H11BNP. The second-order valence-electron chi connectivity index (χ2n) is 2.45.